The lowest BCUT2D eigenvalue weighted by Crippen LogP contribution is -2.52. The van der Waals surface area contributed by atoms with Gasteiger partial charge in [-0.05, 0) is 42.7 Å². The first kappa shape index (κ1) is 21.6. The van der Waals surface area contributed by atoms with Crippen molar-refractivity contribution in [2.24, 2.45) is 5.92 Å². The third kappa shape index (κ3) is 3.99. The molecule has 1 aliphatic rings. The highest BCUT2D eigenvalue weighted by Gasteiger charge is 2.37. The van der Waals surface area contributed by atoms with Gasteiger partial charge in [0.25, 0.3) is 0 Å². The van der Waals surface area contributed by atoms with Gasteiger partial charge in [0.15, 0.2) is 0 Å². The van der Waals surface area contributed by atoms with E-state index >= 15 is 0 Å². The summed E-state index contributed by atoms with van der Waals surface area (Å²) in [6, 6.07) is 5.33. The van der Waals surface area contributed by atoms with E-state index in [0.29, 0.717) is 24.4 Å². The van der Waals surface area contributed by atoms with E-state index in [4.69, 9.17) is 0 Å². The van der Waals surface area contributed by atoms with Gasteiger partial charge in [0.1, 0.15) is 17.8 Å². The Morgan fingerprint density at radius 2 is 1.87 bits per heavy atom. The highest BCUT2D eigenvalue weighted by molar-refractivity contribution is 7.89. The Hall–Kier alpha value is -2.66. The second-order valence-electron chi connectivity index (χ2n) is 7.77. The van der Waals surface area contributed by atoms with Gasteiger partial charge < -0.3 is 9.88 Å². The maximum absolute atomic E-state index is 13.1. The number of alkyl halides is 3. The third-order valence-electron chi connectivity index (χ3n) is 5.87. The molecule has 3 aromatic rings. The number of hydrogen-bond acceptors (Lipinski definition) is 5. The molecule has 3 heterocycles. The number of fused-ring (bicyclic) bond motifs is 1. The molecule has 0 amide bonds. The summed E-state index contributed by atoms with van der Waals surface area (Å²) >= 11 is 0. The molecule has 31 heavy (non-hydrogen) atoms. The highest BCUT2D eigenvalue weighted by Crippen LogP contribution is 2.33. The molecule has 0 saturated carbocycles. The Labute approximate surface area is 178 Å². The van der Waals surface area contributed by atoms with Crippen molar-refractivity contribution in [3.63, 3.8) is 0 Å². The molecule has 11 heteroatoms. The molecule has 2 aromatic heterocycles. The van der Waals surface area contributed by atoms with E-state index in [1.54, 1.807) is 6.20 Å². The Morgan fingerprint density at radius 1 is 1.16 bits per heavy atom. The van der Waals surface area contributed by atoms with Crippen molar-refractivity contribution in [2.45, 2.75) is 30.5 Å². The lowest BCUT2D eigenvalue weighted by atomic mass is 9.93. The average Bonchev–Trinajstić information content (AvgIpc) is 3.22. The van der Waals surface area contributed by atoms with Crippen LogP contribution in [0.15, 0.2) is 47.8 Å². The topological polar surface area (TPSA) is 82.2 Å². The molecule has 1 fully saturated rings. The molecule has 2 unspecified atom stereocenters. The molecule has 1 saturated heterocycles. The average molecular weight is 453 g/mol. The molecule has 1 aromatic carbocycles. The molecule has 0 spiro atoms. The van der Waals surface area contributed by atoms with Crippen LogP contribution in [-0.4, -0.2) is 53.9 Å². The number of sulfonamides is 1. The monoisotopic (exact) mass is 453 g/mol. The summed E-state index contributed by atoms with van der Waals surface area (Å²) in [5, 5.41) is 0.833. The molecule has 166 valence electrons. The molecular formula is C20H22F3N5O2S. The van der Waals surface area contributed by atoms with Crippen LogP contribution in [0.25, 0.3) is 11.0 Å². The standard InChI is InChI=1S/C20H22F3N5O2S/c1-13-8-10-28(31(29,30)15-5-3-14(4-6-15)20(21,22)23)11-17(13)27(2)19-16-7-9-24-18(16)25-12-26-19/h3-7,9,12-13,17H,8,10-11H2,1-2H3,(H,24,25,26). The van der Waals surface area contributed by atoms with E-state index in [9.17, 15) is 21.6 Å². The van der Waals surface area contributed by atoms with E-state index in [1.807, 2.05) is 18.0 Å². The van der Waals surface area contributed by atoms with Crippen LogP contribution in [0.2, 0.25) is 0 Å². The number of H-pyrrole nitrogens is 1. The second-order valence-corrected chi connectivity index (χ2v) is 9.70. The molecule has 1 N–H and O–H groups in total. The van der Waals surface area contributed by atoms with Crippen molar-refractivity contribution in [3.05, 3.63) is 48.4 Å². The van der Waals surface area contributed by atoms with Crippen LogP contribution in [0.4, 0.5) is 19.0 Å². The van der Waals surface area contributed by atoms with E-state index < -0.39 is 21.8 Å². The smallest absolute Gasteiger partial charge is 0.354 e. The molecule has 0 aliphatic carbocycles. The minimum atomic E-state index is -4.52. The van der Waals surface area contributed by atoms with Gasteiger partial charge in [-0.1, -0.05) is 6.92 Å². The van der Waals surface area contributed by atoms with Gasteiger partial charge in [0.05, 0.1) is 15.8 Å². The normalized spacial score (nSPS) is 20.8. The summed E-state index contributed by atoms with van der Waals surface area (Å²) in [5.74, 6) is 0.880. The zero-order valence-corrected chi connectivity index (χ0v) is 17.8. The zero-order chi connectivity index (χ0) is 22.4. The third-order valence-corrected chi connectivity index (χ3v) is 7.74. The van der Waals surface area contributed by atoms with Gasteiger partial charge in [-0.2, -0.15) is 17.5 Å². The van der Waals surface area contributed by atoms with Crippen molar-refractivity contribution in [2.75, 3.05) is 25.0 Å². The van der Waals surface area contributed by atoms with Gasteiger partial charge in [0.2, 0.25) is 10.0 Å². The Balaban J connectivity index is 1.60. The molecule has 0 radical (unpaired) electrons. The van der Waals surface area contributed by atoms with Gasteiger partial charge in [0, 0.05) is 32.4 Å². The van der Waals surface area contributed by atoms with Crippen molar-refractivity contribution in [3.8, 4) is 0 Å². The van der Waals surface area contributed by atoms with Crippen LogP contribution in [0.5, 0.6) is 0 Å². The van der Waals surface area contributed by atoms with Crippen LogP contribution < -0.4 is 4.90 Å². The minimum absolute atomic E-state index is 0.147. The number of halogens is 3. The Kier molecular flexibility index (Phi) is 5.42. The predicted octanol–water partition coefficient (Wildman–Crippen LogP) is 3.51. The first-order chi connectivity index (χ1) is 14.6. The minimum Gasteiger partial charge on any atom is -0.354 e. The number of hydrogen-bond donors (Lipinski definition) is 1. The fourth-order valence-corrected chi connectivity index (χ4v) is 5.48. The van der Waals surface area contributed by atoms with Gasteiger partial charge in [-0.25, -0.2) is 18.4 Å². The number of nitrogens with one attached hydrogen (secondary N) is 1. The maximum atomic E-state index is 13.1. The largest absolute Gasteiger partial charge is 0.416 e. The van der Waals surface area contributed by atoms with E-state index in [2.05, 4.69) is 21.9 Å². The van der Waals surface area contributed by atoms with Gasteiger partial charge >= 0.3 is 6.18 Å². The fraction of sp³-hybridized carbons (Fsp3) is 0.400. The van der Waals surface area contributed by atoms with Gasteiger partial charge in [-0.3, -0.25) is 0 Å². The number of piperidine rings is 1. The summed E-state index contributed by atoms with van der Waals surface area (Å²) in [7, 11) is -2.06. The van der Waals surface area contributed by atoms with Crippen LogP contribution in [-0.2, 0) is 16.2 Å². The lowest BCUT2D eigenvalue weighted by molar-refractivity contribution is -0.137. The van der Waals surface area contributed by atoms with Crippen LogP contribution in [0.1, 0.15) is 18.9 Å². The second kappa shape index (κ2) is 7.79. The van der Waals surface area contributed by atoms with Crippen molar-refractivity contribution in [1.29, 1.82) is 0 Å². The molecular weight excluding hydrogens is 431 g/mol. The summed E-state index contributed by atoms with van der Waals surface area (Å²) in [5.41, 5.74) is -0.190. The van der Waals surface area contributed by atoms with Crippen LogP contribution in [0.3, 0.4) is 0 Å². The van der Waals surface area contributed by atoms with Crippen molar-refractivity contribution >= 4 is 26.9 Å². The number of nitrogens with zero attached hydrogens (tertiary/aromatic N) is 4. The summed E-state index contributed by atoms with van der Waals surface area (Å²) in [4.78, 5) is 13.4. The van der Waals surface area contributed by atoms with Crippen molar-refractivity contribution in [1.82, 2.24) is 19.3 Å². The molecule has 1 aliphatic heterocycles. The summed E-state index contributed by atoms with van der Waals surface area (Å²) in [6.07, 6.45) is -0.675. The van der Waals surface area contributed by atoms with E-state index in [-0.39, 0.29) is 23.4 Å². The number of aromatic nitrogens is 3. The number of aromatic amines is 1. The SMILES string of the molecule is CC1CCN(S(=O)(=O)c2ccc(C(F)(F)F)cc2)CC1N(C)c1ncnc2[nH]ccc12. The van der Waals surface area contributed by atoms with E-state index in [1.165, 1.54) is 10.6 Å². The fourth-order valence-electron chi connectivity index (χ4n) is 4.00. The Bertz CT molecular complexity index is 1180. The number of likely N-dealkylation sites (N-methyl/N-ethyl adjacent to an activating group) is 1. The summed E-state index contributed by atoms with van der Waals surface area (Å²) in [6.45, 7) is 2.56. The first-order valence-electron chi connectivity index (χ1n) is 9.77. The Morgan fingerprint density at radius 3 is 2.55 bits per heavy atom. The van der Waals surface area contributed by atoms with Crippen LogP contribution >= 0.6 is 0 Å². The molecule has 4 rings (SSSR count). The predicted molar refractivity (Wildman–Crippen MR) is 110 cm³/mol. The summed E-state index contributed by atoms with van der Waals surface area (Å²) < 4.78 is 66.1. The lowest BCUT2D eigenvalue weighted by Gasteiger charge is -2.41. The maximum Gasteiger partial charge on any atom is 0.416 e. The highest BCUT2D eigenvalue weighted by atomic mass is 32.2. The number of rotatable bonds is 4. The number of anilines is 1. The van der Waals surface area contributed by atoms with Gasteiger partial charge in [-0.15, -0.1) is 0 Å². The number of benzene rings is 1. The first-order valence-corrected chi connectivity index (χ1v) is 11.2. The molecule has 0 bridgehead atoms. The molecule has 2 atom stereocenters. The van der Waals surface area contributed by atoms with Crippen molar-refractivity contribution < 1.29 is 21.6 Å². The zero-order valence-electron chi connectivity index (χ0n) is 17.0. The molecule has 7 nitrogen and oxygen atoms in total. The quantitative estimate of drug-likeness (QED) is 0.654. The van der Waals surface area contributed by atoms with E-state index in [0.717, 1.165) is 29.7 Å². The van der Waals surface area contributed by atoms with Crippen LogP contribution in [0, 0.1) is 5.92 Å².